The minimum atomic E-state index is -1.55. The van der Waals surface area contributed by atoms with Gasteiger partial charge < -0.3 is 39.0 Å². The molecule has 2 N–H and O–H groups in total. The summed E-state index contributed by atoms with van der Waals surface area (Å²) in [5.74, 6) is -1.71. The SMILES string of the molecule is CCO[C@@H](O[C@@H]1[C@@H](C)C(=O)[C@]2(C)CCO[C@@]1(C)C[C@@H](C)CN(C1CC1)[C@H](C)[C@H]1NC(=O)O[C@]1(C)[C@@H](CC)OC2=O)C(O)C(CC)N(C)C. The van der Waals surface area contributed by atoms with Crippen LogP contribution < -0.4 is 5.32 Å². The average Bonchev–Trinajstić information content (AvgIpc) is 3.81. The molecule has 0 aromatic carbocycles. The maximum Gasteiger partial charge on any atom is 0.408 e. The minimum Gasteiger partial charge on any atom is -0.457 e. The predicted molar refractivity (Wildman–Crippen MR) is 180 cm³/mol. The van der Waals surface area contributed by atoms with Gasteiger partial charge in [0.2, 0.25) is 0 Å². The van der Waals surface area contributed by atoms with Gasteiger partial charge in [0.05, 0.1) is 17.7 Å². The first-order chi connectivity index (χ1) is 22.5. The highest BCUT2D eigenvalue weighted by Gasteiger charge is 2.59. The largest absolute Gasteiger partial charge is 0.457 e. The van der Waals surface area contributed by atoms with Crippen molar-refractivity contribution in [3.63, 3.8) is 0 Å². The van der Waals surface area contributed by atoms with Gasteiger partial charge in [0, 0.05) is 43.8 Å². The van der Waals surface area contributed by atoms with Crippen molar-refractivity contribution in [2.45, 2.75) is 161 Å². The number of aliphatic hydroxyl groups excluding tert-OH is 1. The zero-order valence-electron chi connectivity index (χ0n) is 31.2. The van der Waals surface area contributed by atoms with Crippen molar-refractivity contribution in [2.75, 3.05) is 33.9 Å². The number of rotatable bonds is 10. The molecule has 0 aromatic rings. The van der Waals surface area contributed by atoms with Crippen LogP contribution in [0.3, 0.4) is 0 Å². The molecule has 1 aliphatic carbocycles. The van der Waals surface area contributed by atoms with Crippen molar-refractivity contribution in [1.29, 1.82) is 0 Å². The number of ether oxygens (including phenoxy) is 5. The number of carbonyl (C=O) groups is 3. The van der Waals surface area contributed by atoms with Gasteiger partial charge in [0.15, 0.2) is 17.7 Å². The van der Waals surface area contributed by atoms with Gasteiger partial charge in [-0.15, -0.1) is 0 Å². The number of Topliss-reactive ketones (excluding diaryl/α,β-unsaturated/α-hetero) is 1. The van der Waals surface area contributed by atoms with E-state index in [1.165, 1.54) is 0 Å². The summed E-state index contributed by atoms with van der Waals surface area (Å²) in [6.45, 7) is 18.4. The van der Waals surface area contributed by atoms with Gasteiger partial charge in [-0.3, -0.25) is 14.5 Å². The molecular weight excluding hydrogens is 618 g/mol. The monoisotopic (exact) mass is 681 g/mol. The van der Waals surface area contributed by atoms with E-state index in [0.29, 0.717) is 38.5 Å². The minimum absolute atomic E-state index is 0.0900. The van der Waals surface area contributed by atoms with Crippen LogP contribution in [0.5, 0.6) is 0 Å². The normalized spacial score (nSPS) is 40.6. The van der Waals surface area contributed by atoms with Gasteiger partial charge in [0.1, 0.15) is 17.6 Å². The third kappa shape index (κ3) is 7.59. The van der Waals surface area contributed by atoms with E-state index in [1.807, 2.05) is 53.6 Å². The van der Waals surface area contributed by atoms with E-state index in [1.54, 1.807) is 13.8 Å². The van der Waals surface area contributed by atoms with Crippen molar-refractivity contribution >= 4 is 17.8 Å². The molecule has 12 atom stereocenters. The van der Waals surface area contributed by atoms with Crippen LogP contribution in [0.15, 0.2) is 0 Å². The Hall–Kier alpha value is -1.83. The molecule has 276 valence electrons. The Morgan fingerprint density at radius 3 is 2.31 bits per heavy atom. The Morgan fingerprint density at radius 2 is 1.75 bits per heavy atom. The fraction of sp³-hybridized carbons (Fsp3) is 0.917. The zero-order valence-corrected chi connectivity index (χ0v) is 31.2. The average molecular weight is 682 g/mol. The Morgan fingerprint density at radius 1 is 1.08 bits per heavy atom. The first kappa shape index (κ1) is 39.0. The summed E-state index contributed by atoms with van der Waals surface area (Å²) in [5.41, 5.74) is -3.66. The molecule has 12 nitrogen and oxygen atoms in total. The first-order valence-corrected chi connectivity index (χ1v) is 18.2. The molecule has 4 heterocycles. The van der Waals surface area contributed by atoms with Crippen LogP contribution >= 0.6 is 0 Å². The lowest BCUT2D eigenvalue weighted by molar-refractivity contribution is -0.273. The highest BCUT2D eigenvalue weighted by molar-refractivity contribution is 6.04. The van der Waals surface area contributed by atoms with Crippen LogP contribution in [0, 0.1) is 17.3 Å². The van der Waals surface area contributed by atoms with E-state index >= 15 is 0 Å². The molecule has 2 bridgehead atoms. The number of nitrogens with one attached hydrogen (secondary N) is 1. The Bertz CT molecular complexity index is 1150. The standard InChI is InChI=1S/C36H63N3O9/c1-12-25(38(10)11)27(40)31(44-14-3)47-30-22(5)29(41)34(7)17-18-45-35(30,8)19-21(4)20-39(24-15-16-24)23(6)28-36(9,48-33(43)37-28)26(13-2)46-32(34)42/h21-28,30-31,40H,12-20H2,1-11H3,(H,37,43)/t21-,22+,23-,25?,26-,27?,28-,30-,31+,34+,35+,36-/m1/s1. The van der Waals surface area contributed by atoms with Crippen molar-refractivity contribution in [2.24, 2.45) is 17.3 Å². The summed E-state index contributed by atoms with van der Waals surface area (Å²) in [5, 5.41) is 14.6. The van der Waals surface area contributed by atoms with E-state index in [0.717, 1.165) is 12.8 Å². The van der Waals surface area contributed by atoms with E-state index in [2.05, 4.69) is 24.1 Å². The van der Waals surface area contributed by atoms with Gasteiger partial charge in [-0.25, -0.2) is 4.79 Å². The van der Waals surface area contributed by atoms with Gasteiger partial charge in [0.25, 0.3) is 0 Å². The Kier molecular flexibility index (Phi) is 12.3. The summed E-state index contributed by atoms with van der Waals surface area (Å²) in [6.07, 6.45) is -0.366. The second-order valence-electron chi connectivity index (χ2n) is 15.7. The number of carbonyl (C=O) groups excluding carboxylic acids is 3. The molecule has 12 heteroatoms. The van der Waals surface area contributed by atoms with Crippen molar-refractivity contribution in [3.8, 4) is 0 Å². The summed E-state index contributed by atoms with van der Waals surface area (Å²) < 4.78 is 31.8. The maximum absolute atomic E-state index is 14.7. The molecule has 4 aliphatic heterocycles. The van der Waals surface area contributed by atoms with Crippen LogP contribution in [0.4, 0.5) is 4.79 Å². The van der Waals surface area contributed by atoms with Crippen LogP contribution in [0.1, 0.15) is 101 Å². The summed E-state index contributed by atoms with van der Waals surface area (Å²) >= 11 is 0. The third-order valence-electron chi connectivity index (χ3n) is 11.6. The van der Waals surface area contributed by atoms with Crippen LogP contribution in [-0.2, 0) is 33.3 Å². The lowest BCUT2D eigenvalue weighted by Gasteiger charge is -2.47. The van der Waals surface area contributed by atoms with E-state index in [-0.39, 0.29) is 36.8 Å². The Balaban J connectivity index is 1.82. The highest BCUT2D eigenvalue weighted by Crippen LogP contribution is 2.44. The number of hydrogen-bond donors (Lipinski definition) is 2. The van der Waals surface area contributed by atoms with Crippen LogP contribution in [0.2, 0.25) is 0 Å². The van der Waals surface area contributed by atoms with E-state index < -0.39 is 65.2 Å². The van der Waals surface area contributed by atoms with Crippen LogP contribution in [-0.4, -0.2) is 127 Å². The predicted octanol–water partition coefficient (Wildman–Crippen LogP) is 3.91. The number of ketones is 1. The molecular formula is C36H63N3O9. The molecule has 0 spiro atoms. The smallest absolute Gasteiger partial charge is 0.408 e. The maximum atomic E-state index is 14.7. The van der Waals surface area contributed by atoms with Crippen molar-refractivity contribution < 1.29 is 43.2 Å². The Labute approximate surface area is 287 Å². The topological polar surface area (TPSA) is 136 Å². The molecule has 5 aliphatic rings. The second-order valence-corrected chi connectivity index (χ2v) is 15.7. The number of amides is 1. The quantitative estimate of drug-likeness (QED) is 0.197. The molecule has 1 saturated carbocycles. The lowest BCUT2D eigenvalue weighted by atomic mass is 9.70. The molecule has 0 radical (unpaired) electrons. The van der Waals surface area contributed by atoms with Gasteiger partial charge in [-0.1, -0.05) is 27.7 Å². The fourth-order valence-electron chi connectivity index (χ4n) is 8.78. The molecule has 0 aromatic heterocycles. The van der Waals surface area contributed by atoms with Gasteiger partial charge >= 0.3 is 12.1 Å². The number of alkyl carbamates (subject to hydrolysis) is 1. The third-order valence-corrected chi connectivity index (χ3v) is 11.6. The first-order valence-electron chi connectivity index (χ1n) is 18.2. The van der Waals surface area contributed by atoms with Gasteiger partial charge in [-0.2, -0.15) is 0 Å². The van der Waals surface area contributed by atoms with E-state index in [4.69, 9.17) is 23.7 Å². The fourth-order valence-corrected chi connectivity index (χ4v) is 8.78. The molecule has 48 heavy (non-hydrogen) atoms. The molecule has 5 fully saturated rings. The summed E-state index contributed by atoms with van der Waals surface area (Å²) in [7, 11) is 3.81. The zero-order chi connectivity index (χ0) is 35.8. The van der Waals surface area contributed by atoms with Crippen molar-refractivity contribution in [3.05, 3.63) is 0 Å². The lowest BCUT2D eigenvalue weighted by Crippen LogP contribution is -2.61. The number of nitrogens with zero attached hydrogens (tertiary/aromatic N) is 2. The van der Waals surface area contributed by atoms with E-state index in [9.17, 15) is 19.5 Å². The van der Waals surface area contributed by atoms with Crippen molar-refractivity contribution in [1.82, 2.24) is 15.1 Å². The summed E-state index contributed by atoms with van der Waals surface area (Å²) in [4.78, 5) is 46.2. The number of esters is 1. The molecule has 4 saturated heterocycles. The number of likely N-dealkylation sites (N-methyl/N-ethyl adjacent to an activating group) is 1. The molecule has 1 amide bonds. The number of aliphatic hydroxyl groups is 1. The number of fused-ring (bicyclic) bond motifs is 10. The second kappa shape index (κ2) is 15.2. The van der Waals surface area contributed by atoms with Gasteiger partial charge in [-0.05, 0) is 93.2 Å². The highest BCUT2D eigenvalue weighted by atomic mass is 16.7. The number of hydrogen-bond acceptors (Lipinski definition) is 11. The molecule has 5 rings (SSSR count). The van der Waals surface area contributed by atoms with Crippen LogP contribution in [0.25, 0.3) is 0 Å². The summed E-state index contributed by atoms with van der Waals surface area (Å²) in [6, 6.07) is -0.463. The molecule has 2 unspecified atom stereocenters.